The molecule has 0 rings (SSSR count). The largest absolute Gasteiger partial charge is 0.119 e. The molecule has 1 heteroatoms. The molecule has 0 spiro atoms. The zero-order chi connectivity index (χ0) is 7.71. The first-order valence-corrected chi connectivity index (χ1v) is 3.88. The van der Waals surface area contributed by atoms with Crippen LogP contribution in [-0.4, -0.2) is 4.87 Å². The number of alkyl halides is 1. The van der Waals surface area contributed by atoms with Crippen LogP contribution < -0.4 is 0 Å². The molecule has 0 bridgehead atoms. The van der Waals surface area contributed by atoms with Crippen molar-refractivity contribution in [1.82, 2.24) is 0 Å². The van der Waals surface area contributed by atoms with Gasteiger partial charge in [-0.3, -0.25) is 0 Å². The summed E-state index contributed by atoms with van der Waals surface area (Å²) in [6, 6.07) is 0. The molecule has 0 heterocycles. The van der Waals surface area contributed by atoms with Crippen LogP contribution in [0, 0.1) is 5.41 Å². The Bertz CT molecular complexity index is 87.2. The SMILES string of the molecule is CCC(C)(C)C(C)(C)Cl. The van der Waals surface area contributed by atoms with Crippen LogP contribution in [0.5, 0.6) is 0 Å². The molecule has 0 saturated heterocycles. The van der Waals surface area contributed by atoms with Crippen molar-refractivity contribution < 1.29 is 0 Å². The second-order valence-electron chi connectivity index (χ2n) is 3.71. The van der Waals surface area contributed by atoms with Gasteiger partial charge in [-0.1, -0.05) is 20.8 Å². The number of hydrogen-bond donors (Lipinski definition) is 0. The molecule has 0 aliphatic carbocycles. The van der Waals surface area contributed by atoms with E-state index >= 15 is 0 Å². The third-order valence-corrected chi connectivity index (χ3v) is 3.00. The van der Waals surface area contributed by atoms with Crippen LogP contribution in [-0.2, 0) is 0 Å². The smallest absolute Gasteiger partial charge is 0.0441 e. The van der Waals surface area contributed by atoms with Crippen molar-refractivity contribution in [3.05, 3.63) is 0 Å². The monoisotopic (exact) mass is 148 g/mol. The van der Waals surface area contributed by atoms with Crippen LogP contribution in [0.25, 0.3) is 0 Å². The molecule has 0 nitrogen and oxygen atoms in total. The van der Waals surface area contributed by atoms with Gasteiger partial charge in [-0.05, 0) is 25.7 Å². The summed E-state index contributed by atoms with van der Waals surface area (Å²) in [4.78, 5) is -0.0816. The van der Waals surface area contributed by atoms with Gasteiger partial charge in [0.2, 0.25) is 0 Å². The summed E-state index contributed by atoms with van der Waals surface area (Å²) >= 11 is 6.12. The Balaban J connectivity index is 4.14. The molecule has 0 aromatic rings. The maximum atomic E-state index is 6.12. The fourth-order valence-electron chi connectivity index (χ4n) is 0.420. The van der Waals surface area contributed by atoms with Gasteiger partial charge in [0.15, 0.2) is 0 Å². The normalized spacial score (nSPS) is 14.0. The number of halogens is 1. The van der Waals surface area contributed by atoms with Crippen LogP contribution in [0.15, 0.2) is 0 Å². The van der Waals surface area contributed by atoms with E-state index in [1.54, 1.807) is 0 Å². The summed E-state index contributed by atoms with van der Waals surface area (Å²) in [5.74, 6) is 0. The van der Waals surface area contributed by atoms with Gasteiger partial charge in [0.1, 0.15) is 0 Å². The zero-order valence-electron chi connectivity index (χ0n) is 7.09. The van der Waals surface area contributed by atoms with E-state index in [0.717, 1.165) is 6.42 Å². The molecule has 56 valence electrons. The van der Waals surface area contributed by atoms with E-state index in [1.165, 1.54) is 0 Å². The molecular weight excluding hydrogens is 132 g/mol. The predicted octanol–water partition coefficient (Wildman–Crippen LogP) is 3.44. The Morgan fingerprint density at radius 2 is 1.44 bits per heavy atom. The Morgan fingerprint density at radius 1 is 1.11 bits per heavy atom. The van der Waals surface area contributed by atoms with Crippen molar-refractivity contribution >= 4 is 11.6 Å². The lowest BCUT2D eigenvalue weighted by Gasteiger charge is -2.35. The summed E-state index contributed by atoms with van der Waals surface area (Å²) in [5.41, 5.74) is 0.245. The molecule has 0 aromatic heterocycles. The predicted molar refractivity (Wildman–Crippen MR) is 44.0 cm³/mol. The van der Waals surface area contributed by atoms with Gasteiger partial charge in [-0.2, -0.15) is 0 Å². The number of rotatable bonds is 2. The Labute approximate surface area is 63.6 Å². The van der Waals surface area contributed by atoms with Gasteiger partial charge in [0.05, 0.1) is 0 Å². The summed E-state index contributed by atoms with van der Waals surface area (Å²) in [6.07, 6.45) is 1.13. The molecule has 0 N–H and O–H groups in total. The van der Waals surface area contributed by atoms with E-state index in [9.17, 15) is 0 Å². The van der Waals surface area contributed by atoms with Crippen LogP contribution in [0.2, 0.25) is 0 Å². The lowest BCUT2D eigenvalue weighted by Crippen LogP contribution is -2.32. The van der Waals surface area contributed by atoms with Crippen molar-refractivity contribution in [3.8, 4) is 0 Å². The molecule has 0 saturated carbocycles. The molecule has 0 radical (unpaired) electrons. The molecule has 0 aliphatic rings. The molecule has 0 aliphatic heterocycles. The highest BCUT2D eigenvalue weighted by atomic mass is 35.5. The van der Waals surface area contributed by atoms with Gasteiger partial charge in [0, 0.05) is 4.87 Å². The van der Waals surface area contributed by atoms with Crippen molar-refractivity contribution in [1.29, 1.82) is 0 Å². The van der Waals surface area contributed by atoms with Crippen LogP contribution in [0.3, 0.4) is 0 Å². The number of hydrogen-bond acceptors (Lipinski definition) is 0. The Kier molecular flexibility index (Phi) is 2.57. The molecule has 0 unspecified atom stereocenters. The summed E-state index contributed by atoms with van der Waals surface area (Å²) < 4.78 is 0. The van der Waals surface area contributed by atoms with Gasteiger partial charge in [-0.25, -0.2) is 0 Å². The van der Waals surface area contributed by atoms with Crippen molar-refractivity contribution in [2.45, 2.75) is 45.9 Å². The van der Waals surface area contributed by atoms with E-state index in [0.29, 0.717) is 0 Å². The maximum Gasteiger partial charge on any atom is 0.0441 e. The summed E-state index contributed by atoms with van der Waals surface area (Å²) in [7, 11) is 0. The van der Waals surface area contributed by atoms with E-state index in [1.807, 2.05) is 0 Å². The Hall–Kier alpha value is 0.290. The van der Waals surface area contributed by atoms with Gasteiger partial charge in [-0.15, -0.1) is 11.6 Å². The molecule has 0 fully saturated rings. The second kappa shape index (κ2) is 2.49. The van der Waals surface area contributed by atoms with Crippen molar-refractivity contribution in [2.75, 3.05) is 0 Å². The lowest BCUT2D eigenvalue weighted by molar-refractivity contribution is 0.266. The maximum absolute atomic E-state index is 6.12. The highest BCUT2D eigenvalue weighted by Crippen LogP contribution is 2.38. The average molecular weight is 149 g/mol. The quantitative estimate of drug-likeness (QED) is 0.527. The first kappa shape index (κ1) is 9.29. The third-order valence-electron chi connectivity index (χ3n) is 2.49. The molecule has 0 atom stereocenters. The molecule has 0 aromatic carbocycles. The minimum absolute atomic E-state index is 0.0816. The summed E-state index contributed by atoms with van der Waals surface area (Å²) in [6.45, 7) is 10.7. The van der Waals surface area contributed by atoms with Crippen LogP contribution in [0.4, 0.5) is 0 Å². The van der Waals surface area contributed by atoms with Crippen molar-refractivity contribution in [3.63, 3.8) is 0 Å². The molecule has 0 amide bonds. The van der Waals surface area contributed by atoms with Crippen LogP contribution >= 0.6 is 11.6 Å². The first-order chi connectivity index (χ1) is 3.81. The van der Waals surface area contributed by atoms with E-state index in [4.69, 9.17) is 11.6 Å². The standard InChI is InChI=1S/C8H17Cl/c1-6-7(2,3)8(4,5)9/h6H2,1-5H3. The molecular formula is C8H17Cl. The van der Waals surface area contributed by atoms with E-state index in [-0.39, 0.29) is 10.3 Å². The fraction of sp³-hybridized carbons (Fsp3) is 1.00. The highest BCUT2D eigenvalue weighted by molar-refractivity contribution is 6.23. The van der Waals surface area contributed by atoms with Gasteiger partial charge >= 0.3 is 0 Å². The van der Waals surface area contributed by atoms with E-state index < -0.39 is 0 Å². The van der Waals surface area contributed by atoms with Crippen molar-refractivity contribution in [2.24, 2.45) is 5.41 Å². The zero-order valence-corrected chi connectivity index (χ0v) is 7.84. The van der Waals surface area contributed by atoms with E-state index in [2.05, 4.69) is 34.6 Å². The minimum atomic E-state index is -0.0816. The first-order valence-electron chi connectivity index (χ1n) is 3.50. The summed E-state index contributed by atoms with van der Waals surface area (Å²) in [5, 5.41) is 0. The molecule has 9 heavy (non-hydrogen) atoms. The minimum Gasteiger partial charge on any atom is -0.119 e. The topological polar surface area (TPSA) is 0 Å². The second-order valence-corrected chi connectivity index (χ2v) is 4.65. The van der Waals surface area contributed by atoms with Gasteiger partial charge in [0.25, 0.3) is 0 Å². The fourth-order valence-corrected chi connectivity index (χ4v) is 0.554. The highest BCUT2D eigenvalue weighted by Gasteiger charge is 2.32. The third kappa shape index (κ3) is 2.17. The Morgan fingerprint density at radius 3 is 1.44 bits per heavy atom. The average Bonchev–Trinajstić information content (AvgIpc) is 1.64. The van der Waals surface area contributed by atoms with Crippen LogP contribution in [0.1, 0.15) is 41.0 Å². The lowest BCUT2D eigenvalue weighted by atomic mass is 9.78. The van der Waals surface area contributed by atoms with Gasteiger partial charge < -0.3 is 0 Å².